The minimum absolute atomic E-state index is 0.671. The van der Waals surface area contributed by atoms with Crippen LogP contribution in [0, 0.1) is 6.92 Å². The van der Waals surface area contributed by atoms with E-state index in [2.05, 4.69) is 27.0 Å². The van der Waals surface area contributed by atoms with Gasteiger partial charge in [0.1, 0.15) is 18.0 Å². The average molecular weight is 255 g/mol. The molecule has 0 atom stereocenters. The molecule has 5 nitrogen and oxygen atoms in total. The number of nitrogens with two attached hydrogens (primary N) is 1. The van der Waals surface area contributed by atoms with E-state index in [1.54, 1.807) is 0 Å². The maximum atomic E-state index is 5.36. The van der Waals surface area contributed by atoms with Gasteiger partial charge in [0.25, 0.3) is 0 Å². The van der Waals surface area contributed by atoms with Crippen molar-refractivity contribution in [1.29, 1.82) is 0 Å². The zero-order valence-corrected chi connectivity index (χ0v) is 11.3. The molecule has 0 fully saturated rings. The van der Waals surface area contributed by atoms with Crippen molar-refractivity contribution < 1.29 is 0 Å². The van der Waals surface area contributed by atoms with E-state index < -0.39 is 0 Å². The average Bonchev–Trinajstić information content (AvgIpc) is 2.35. The zero-order valence-electron chi connectivity index (χ0n) is 10.5. The number of nitrogen functional groups attached to an aromatic ring is 1. The number of rotatable bonds is 8. The van der Waals surface area contributed by atoms with Gasteiger partial charge in [-0.3, -0.25) is 0 Å². The van der Waals surface area contributed by atoms with Gasteiger partial charge in [-0.25, -0.2) is 15.8 Å². The van der Waals surface area contributed by atoms with Crippen LogP contribution in [0.5, 0.6) is 0 Å². The van der Waals surface area contributed by atoms with Crippen LogP contribution >= 0.6 is 11.8 Å². The fraction of sp³-hybridized carbons (Fsp3) is 0.636. The molecule has 17 heavy (non-hydrogen) atoms. The molecule has 0 unspecified atom stereocenters. The Labute approximate surface area is 107 Å². The molecule has 4 N–H and O–H groups in total. The van der Waals surface area contributed by atoms with Crippen LogP contribution in [0.1, 0.15) is 24.8 Å². The highest BCUT2D eigenvalue weighted by molar-refractivity contribution is 7.98. The highest BCUT2D eigenvalue weighted by atomic mass is 32.2. The number of unbranched alkanes of at least 4 members (excludes halogenated alkanes) is 2. The van der Waals surface area contributed by atoms with Crippen LogP contribution in [0.2, 0.25) is 0 Å². The maximum absolute atomic E-state index is 5.36. The fourth-order valence-electron chi connectivity index (χ4n) is 1.53. The molecule has 0 aromatic carbocycles. The van der Waals surface area contributed by atoms with Gasteiger partial charge in [0.05, 0.1) is 0 Å². The summed E-state index contributed by atoms with van der Waals surface area (Å²) in [5.41, 5.74) is 3.52. The first-order chi connectivity index (χ1) is 8.29. The Morgan fingerprint density at radius 3 is 2.71 bits per heavy atom. The first-order valence-electron chi connectivity index (χ1n) is 5.80. The van der Waals surface area contributed by atoms with Gasteiger partial charge in [0, 0.05) is 12.1 Å². The van der Waals surface area contributed by atoms with E-state index in [9.17, 15) is 0 Å². The van der Waals surface area contributed by atoms with Gasteiger partial charge in [-0.1, -0.05) is 6.42 Å². The Balaban J connectivity index is 2.31. The summed E-state index contributed by atoms with van der Waals surface area (Å²) in [6.45, 7) is 2.89. The monoisotopic (exact) mass is 255 g/mol. The van der Waals surface area contributed by atoms with E-state index in [0.29, 0.717) is 5.82 Å². The first kappa shape index (κ1) is 14.1. The second-order valence-corrected chi connectivity index (χ2v) is 4.81. The molecule has 6 heteroatoms. The van der Waals surface area contributed by atoms with Crippen molar-refractivity contribution in [2.45, 2.75) is 26.2 Å². The lowest BCUT2D eigenvalue weighted by Gasteiger charge is -2.10. The van der Waals surface area contributed by atoms with E-state index >= 15 is 0 Å². The van der Waals surface area contributed by atoms with Gasteiger partial charge in [-0.2, -0.15) is 11.8 Å². The molecule has 0 aliphatic heterocycles. The Morgan fingerprint density at radius 2 is 2.00 bits per heavy atom. The van der Waals surface area contributed by atoms with Crippen molar-refractivity contribution in [1.82, 2.24) is 9.97 Å². The molecule has 0 spiro atoms. The summed E-state index contributed by atoms with van der Waals surface area (Å²) < 4.78 is 0. The molecule has 0 saturated heterocycles. The summed E-state index contributed by atoms with van der Waals surface area (Å²) >= 11 is 1.90. The molecular formula is C11H21N5S. The Kier molecular flexibility index (Phi) is 6.73. The van der Waals surface area contributed by atoms with Crippen LogP contribution in [0.25, 0.3) is 0 Å². The highest BCUT2D eigenvalue weighted by Gasteiger charge is 2.04. The van der Waals surface area contributed by atoms with E-state index in [1.807, 2.05) is 18.7 Å². The molecular weight excluding hydrogens is 234 g/mol. The molecule has 0 saturated carbocycles. The number of thioether (sulfide) groups is 1. The van der Waals surface area contributed by atoms with Crippen LogP contribution in [0.4, 0.5) is 11.6 Å². The quantitative estimate of drug-likeness (QED) is 0.375. The third-order valence-electron chi connectivity index (χ3n) is 2.54. The lowest BCUT2D eigenvalue weighted by Crippen LogP contribution is -2.13. The molecule has 1 heterocycles. The third kappa shape index (κ3) is 4.79. The van der Waals surface area contributed by atoms with Gasteiger partial charge in [0.15, 0.2) is 0 Å². The number of hydrazine groups is 1. The number of hydrogen-bond acceptors (Lipinski definition) is 6. The molecule has 1 aromatic rings. The smallest absolute Gasteiger partial charge is 0.148 e. The van der Waals surface area contributed by atoms with E-state index in [4.69, 9.17) is 5.84 Å². The molecule has 1 aromatic heterocycles. The fourth-order valence-corrected chi connectivity index (χ4v) is 2.02. The normalized spacial score (nSPS) is 10.3. The van der Waals surface area contributed by atoms with Crippen molar-refractivity contribution in [3.8, 4) is 0 Å². The lowest BCUT2D eigenvalue weighted by molar-refractivity contribution is 0.747. The second-order valence-electron chi connectivity index (χ2n) is 3.82. The largest absolute Gasteiger partial charge is 0.370 e. The van der Waals surface area contributed by atoms with Crippen molar-refractivity contribution in [3.05, 3.63) is 11.9 Å². The molecule has 0 radical (unpaired) electrons. The summed E-state index contributed by atoms with van der Waals surface area (Å²) in [4.78, 5) is 8.24. The minimum atomic E-state index is 0.671. The van der Waals surface area contributed by atoms with Crippen molar-refractivity contribution in [2.75, 3.05) is 29.3 Å². The molecule has 0 bridgehead atoms. The number of aromatic nitrogens is 2. The molecule has 0 aliphatic carbocycles. The number of nitrogens with one attached hydrogen (secondary N) is 2. The first-order valence-corrected chi connectivity index (χ1v) is 7.20. The summed E-state index contributed by atoms with van der Waals surface area (Å²) in [7, 11) is 0. The van der Waals surface area contributed by atoms with Crippen LogP contribution < -0.4 is 16.6 Å². The van der Waals surface area contributed by atoms with Gasteiger partial charge in [-0.15, -0.1) is 0 Å². The van der Waals surface area contributed by atoms with E-state index in [-0.39, 0.29) is 0 Å². The lowest BCUT2D eigenvalue weighted by atomic mass is 10.2. The van der Waals surface area contributed by atoms with Gasteiger partial charge < -0.3 is 10.7 Å². The second kappa shape index (κ2) is 8.14. The zero-order chi connectivity index (χ0) is 12.5. The Hall–Kier alpha value is -1.01. The van der Waals surface area contributed by atoms with Crippen LogP contribution in [-0.4, -0.2) is 28.5 Å². The number of nitrogens with zero attached hydrogens (tertiary/aromatic N) is 2. The van der Waals surface area contributed by atoms with Crippen molar-refractivity contribution >= 4 is 23.4 Å². The molecule has 1 rings (SSSR count). The van der Waals surface area contributed by atoms with Crippen LogP contribution in [0.3, 0.4) is 0 Å². The topological polar surface area (TPSA) is 75.9 Å². The Bertz CT molecular complexity index is 332. The van der Waals surface area contributed by atoms with Crippen LogP contribution in [0.15, 0.2) is 6.33 Å². The number of anilines is 2. The predicted octanol–water partition coefficient (Wildman–Crippen LogP) is 2.02. The van der Waals surface area contributed by atoms with Gasteiger partial charge in [-0.05, 0) is 31.8 Å². The van der Waals surface area contributed by atoms with E-state index in [0.717, 1.165) is 24.3 Å². The summed E-state index contributed by atoms with van der Waals surface area (Å²) in [6, 6.07) is 0. The van der Waals surface area contributed by atoms with Gasteiger partial charge in [0.2, 0.25) is 0 Å². The van der Waals surface area contributed by atoms with E-state index in [1.165, 1.54) is 24.9 Å². The molecule has 96 valence electrons. The maximum Gasteiger partial charge on any atom is 0.148 e. The van der Waals surface area contributed by atoms with Gasteiger partial charge >= 0.3 is 0 Å². The van der Waals surface area contributed by atoms with Crippen LogP contribution in [-0.2, 0) is 0 Å². The molecule has 0 aliphatic rings. The van der Waals surface area contributed by atoms with Crippen molar-refractivity contribution in [3.63, 3.8) is 0 Å². The highest BCUT2D eigenvalue weighted by Crippen LogP contribution is 2.16. The summed E-state index contributed by atoms with van der Waals surface area (Å²) in [6.07, 6.45) is 7.35. The molecule has 0 amide bonds. The Morgan fingerprint density at radius 1 is 1.24 bits per heavy atom. The van der Waals surface area contributed by atoms with Crippen molar-refractivity contribution in [2.24, 2.45) is 5.84 Å². The summed E-state index contributed by atoms with van der Waals surface area (Å²) in [5, 5.41) is 3.31. The minimum Gasteiger partial charge on any atom is -0.370 e. The standard InChI is InChI=1S/C11H21N5S/c1-9-10(14-8-15-11(9)16-12)13-6-4-3-5-7-17-2/h8H,3-7,12H2,1-2H3,(H2,13,14,15,16). The third-order valence-corrected chi connectivity index (χ3v) is 3.24. The summed E-state index contributed by atoms with van der Waals surface area (Å²) in [5.74, 6) is 8.13. The SMILES string of the molecule is CSCCCCCNc1ncnc(NN)c1C. The number of hydrogen-bond donors (Lipinski definition) is 3. The predicted molar refractivity (Wildman–Crippen MR) is 75.3 cm³/mol.